The largest absolute Gasteiger partial charge is 0.334 e. The Morgan fingerprint density at radius 2 is 2.09 bits per heavy atom. The van der Waals surface area contributed by atoms with Gasteiger partial charge in [-0.3, -0.25) is 4.79 Å². The zero-order valence-electron chi connectivity index (χ0n) is 13.0. The number of carbonyl (C=O) groups excluding carboxylic acids is 1. The summed E-state index contributed by atoms with van der Waals surface area (Å²) in [5.74, 6) is 0.799. The van der Waals surface area contributed by atoms with Crippen LogP contribution in [0, 0.1) is 13.8 Å². The summed E-state index contributed by atoms with van der Waals surface area (Å²) in [6.07, 6.45) is 2.21. The first-order valence-electron chi connectivity index (χ1n) is 7.69. The number of benzene rings is 1. The quantitative estimate of drug-likeness (QED) is 0.749. The molecule has 1 aliphatic rings. The number of aryl methyl sites for hydroxylation is 2. The molecule has 1 amide bonds. The summed E-state index contributed by atoms with van der Waals surface area (Å²) in [5.41, 5.74) is 1.24. The molecule has 0 radical (unpaired) electrons. The zero-order chi connectivity index (χ0) is 15.5. The van der Waals surface area contributed by atoms with Gasteiger partial charge >= 0.3 is 0 Å². The third-order valence-electron chi connectivity index (χ3n) is 4.11. The van der Waals surface area contributed by atoms with Crippen molar-refractivity contribution in [2.24, 2.45) is 0 Å². The molecule has 116 valence electrons. The Bertz CT molecular complexity index is 665. The van der Waals surface area contributed by atoms with Crippen LogP contribution in [-0.4, -0.2) is 23.1 Å². The average molecular weight is 332 g/mol. The molecule has 1 saturated heterocycles. The maximum Gasteiger partial charge on any atom is 0.233 e. The average Bonchev–Trinajstić information content (AvgIpc) is 3.14. The number of likely N-dealkylation sites (tertiary alicyclic amines) is 1. The number of thioether (sulfide) groups is 1. The number of hydrogen-bond donors (Lipinski definition) is 0. The number of nitrogens with zero attached hydrogens (tertiary/aromatic N) is 1. The number of amides is 1. The molecule has 1 aromatic carbocycles. The Morgan fingerprint density at radius 3 is 2.82 bits per heavy atom. The van der Waals surface area contributed by atoms with Crippen LogP contribution in [0.2, 0.25) is 0 Å². The monoisotopic (exact) mass is 331 g/mol. The van der Waals surface area contributed by atoms with Crippen LogP contribution >= 0.6 is 23.1 Å². The van der Waals surface area contributed by atoms with E-state index in [9.17, 15) is 4.79 Å². The molecule has 2 heterocycles. The van der Waals surface area contributed by atoms with E-state index in [0.29, 0.717) is 11.8 Å². The lowest BCUT2D eigenvalue weighted by atomic mass is 10.2. The second kappa shape index (κ2) is 6.88. The number of thiophene rings is 1. The maximum atomic E-state index is 12.6. The van der Waals surface area contributed by atoms with Crippen LogP contribution in [0.5, 0.6) is 0 Å². The van der Waals surface area contributed by atoms with Crippen LogP contribution in [0.3, 0.4) is 0 Å². The molecule has 0 aliphatic carbocycles. The van der Waals surface area contributed by atoms with Gasteiger partial charge in [-0.2, -0.15) is 0 Å². The molecule has 1 aliphatic heterocycles. The van der Waals surface area contributed by atoms with Crippen molar-refractivity contribution >= 4 is 29.0 Å². The SMILES string of the molecule is Cc1ccc(C2CCCN2C(=O)CSc2ccccc2C)s1. The van der Waals surface area contributed by atoms with E-state index < -0.39 is 0 Å². The fraction of sp³-hybridized carbons (Fsp3) is 0.389. The number of rotatable bonds is 4. The van der Waals surface area contributed by atoms with E-state index in [4.69, 9.17) is 0 Å². The molecule has 0 bridgehead atoms. The van der Waals surface area contributed by atoms with Gasteiger partial charge in [0.25, 0.3) is 0 Å². The fourth-order valence-electron chi connectivity index (χ4n) is 2.93. The first-order chi connectivity index (χ1) is 10.6. The van der Waals surface area contributed by atoms with Crippen LogP contribution in [0.15, 0.2) is 41.3 Å². The molecule has 1 atom stereocenters. The standard InChI is InChI=1S/C18H21NOS2/c1-13-6-3-4-8-16(13)21-12-18(20)19-11-5-7-15(19)17-10-9-14(2)22-17/h3-4,6,8-10,15H,5,7,11-12H2,1-2H3. The van der Waals surface area contributed by atoms with Crippen molar-refractivity contribution in [2.45, 2.75) is 37.6 Å². The van der Waals surface area contributed by atoms with Gasteiger partial charge in [0.05, 0.1) is 11.8 Å². The van der Waals surface area contributed by atoms with E-state index in [0.717, 1.165) is 19.4 Å². The minimum atomic E-state index is 0.266. The van der Waals surface area contributed by atoms with E-state index in [1.807, 2.05) is 23.5 Å². The molecule has 0 spiro atoms. The second-order valence-corrected chi connectivity index (χ2v) is 8.08. The minimum absolute atomic E-state index is 0.266. The van der Waals surface area contributed by atoms with E-state index in [-0.39, 0.29) is 5.91 Å². The van der Waals surface area contributed by atoms with Gasteiger partial charge < -0.3 is 4.90 Å². The number of carbonyl (C=O) groups is 1. The normalized spacial score (nSPS) is 17.9. The molecular formula is C18H21NOS2. The second-order valence-electron chi connectivity index (χ2n) is 5.75. The molecule has 2 aromatic rings. The van der Waals surface area contributed by atoms with E-state index in [1.165, 1.54) is 20.2 Å². The van der Waals surface area contributed by atoms with Crippen LogP contribution in [0.4, 0.5) is 0 Å². The van der Waals surface area contributed by atoms with Crippen LogP contribution in [0.25, 0.3) is 0 Å². The van der Waals surface area contributed by atoms with E-state index >= 15 is 0 Å². The van der Waals surface area contributed by atoms with Gasteiger partial charge in [-0.05, 0) is 50.5 Å². The Balaban J connectivity index is 1.65. The van der Waals surface area contributed by atoms with Gasteiger partial charge in [0.15, 0.2) is 0 Å². The molecule has 1 fully saturated rings. The smallest absolute Gasteiger partial charge is 0.233 e. The minimum Gasteiger partial charge on any atom is -0.334 e. The van der Waals surface area contributed by atoms with Crippen molar-refractivity contribution in [3.63, 3.8) is 0 Å². The van der Waals surface area contributed by atoms with Crippen molar-refractivity contribution in [2.75, 3.05) is 12.3 Å². The van der Waals surface area contributed by atoms with Gasteiger partial charge in [-0.1, -0.05) is 18.2 Å². The summed E-state index contributed by atoms with van der Waals surface area (Å²) < 4.78 is 0. The summed E-state index contributed by atoms with van der Waals surface area (Å²) >= 11 is 3.48. The maximum absolute atomic E-state index is 12.6. The lowest BCUT2D eigenvalue weighted by Gasteiger charge is -2.24. The predicted octanol–water partition coefficient (Wildman–Crippen LogP) is 4.82. The Hall–Kier alpha value is -1.26. The molecular weight excluding hydrogens is 310 g/mol. The number of hydrogen-bond acceptors (Lipinski definition) is 3. The van der Waals surface area contributed by atoms with Crippen LogP contribution in [0.1, 0.15) is 34.2 Å². The van der Waals surface area contributed by atoms with Gasteiger partial charge in [-0.25, -0.2) is 0 Å². The molecule has 0 saturated carbocycles. The first kappa shape index (κ1) is 15.6. The summed E-state index contributed by atoms with van der Waals surface area (Å²) in [6.45, 7) is 5.12. The summed E-state index contributed by atoms with van der Waals surface area (Å²) in [5, 5.41) is 0. The van der Waals surface area contributed by atoms with E-state index in [2.05, 4.69) is 43.0 Å². The summed E-state index contributed by atoms with van der Waals surface area (Å²) in [7, 11) is 0. The Kier molecular flexibility index (Phi) is 4.89. The molecule has 1 unspecified atom stereocenters. The molecule has 22 heavy (non-hydrogen) atoms. The third-order valence-corrected chi connectivity index (χ3v) is 6.37. The molecule has 3 rings (SSSR count). The highest BCUT2D eigenvalue weighted by molar-refractivity contribution is 8.00. The van der Waals surface area contributed by atoms with Crippen molar-refractivity contribution in [3.8, 4) is 0 Å². The van der Waals surface area contributed by atoms with Crippen molar-refractivity contribution in [1.82, 2.24) is 4.90 Å². The Morgan fingerprint density at radius 1 is 1.27 bits per heavy atom. The van der Waals surface area contributed by atoms with E-state index in [1.54, 1.807) is 11.8 Å². The summed E-state index contributed by atoms with van der Waals surface area (Å²) in [6, 6.07) is 12.9. The van der Waals surface area contributed by atoms with Gasteiger partial charge in [0, 0.05) is 21.2 Å². The molecule has 1 aromatic heterocycles. The fourth-order valence-corrected chi connectivity index (χ4v) is 4.87. The van der Waals surface area contributed by atoms with Crippen molar-refractivity contribution in [1.29, 1.82) is 0 Å². The first-order valence-corrected chi connectivity index (χ1v) is 9.49. The molecule has 0 N–H and O–H groups in total. The highest BCUT2D eigenvalue weighted by Gasteiger charge is 2.30. The molecule has 2 nitrogen and oxygen atoms in total. The van der Waals surface area contributed by atoms with Crippen molar-refractivity contribution < 1.29 is 4.79 Å². The summed E-state index contributed by atoms with van der Waals surface area (Å²) in [4.78, 5) is 18.6. The third kappa shape index (κ3) is 3.39. The lowest BCUT2D eigenvalue weighted by molar-refractivity contribution is -0.129. The Labute approximate surface area is 140 Å². The highest BCUT2D eigenvalue weighted by Crippen LogP contribution is 2.36. The van der Waals surface area contributed by atoms with Crippen LogP contribution < -0.4 is 0 Å². The van der Waals surface area contributed by atoms with Gasteiger partial charge in [-0.15, -0.1) is 23.1 Å². The van der Waals surface area contributed by atoms with Crippen molar-refractivity contribution in [3.05, 3.63) is 51.7 Å². The van der Waals surface area contributed by atoms with Gasteiger partial charge in [0.1, 0.15) is 0 Å². The molecule has 4 heteroatoms. The van der Waals surface area contributed by atoms with Crippen LogP contribution in [-0.2, 0) is 4.79 Å². The predicted molar refractivity (Wildman–Crippen MR) is 94.6 cm³/mol. The lowest BCUT2D eigenvalue weighted by Crippen LogP contribution is -2.31. The highest BCUT2D eigenvalue weighted by atomic mass is 32.2. The topological polar surface area (TPSA) is 20.3 Å². The zero-order valence-corrected chi connectivity index (χ0v) is 14.7. The van der Waals surface area contributed by atoms with Gasteiger partial charge in [0.2, 0.25) is 5.91 Å².